The van der Waals surface area contributed by atoms with Gasteiger partial charge in [-0.1, -0.05) is 32.9 Å². The average Bonchev–Trinajstić information content (AvgIpc) is 2.81. The van der Waals surface area contributed by atoms with Crippen LogP contribution < -0.4 is 5.32 Å². The number of rotatable bonds is 3. The van der Waals surface area contributed by atoms with Crippen molar-refractivity contribution in [2.45, 2.75) is 33.1 Å². The zero-order valence-corrected chi connectivity index (χ0v) is 14.9. The number of anilines is 1. The summed E-state index contributed by atoms with van der Waals surface area (Å²) in [5.74, 6) is -0.881. The highest BCUT2D eigenvalue weighted by Crippen LogP contribution is 2.24. The lowest BCUT2D eigenvalue weighted by Crippen LogP contribution is -2.16. The molecule has 1 aromatic carbocycles. The van der Waals surface area contributed by atoms with Gasteiger partial charge in [-0.2, -0.15) is 5.10 Å². The van der Waals surface area contributed by atoms with Gasteiger partial charge < -0.3 is 10.1 Å². The van der Waals surface area contributed by atoms with E-state index in [1.807, 2.05) is 12.1 Å². The van der Waals surface area contributed by atoms with Gasteiger partial charge in [-0.15, -0.1) is 0 Å². The number of benzene rings is 1. The average molecular weight is 329 g/mol. The van der Waals surface area contributed by atoms with Crippen LogP contribution in [0.5, 0.6) is 0 Å². The third-order valence-corrected chi connectivity index (χ3v) is 3.96. The minimum Gasteiger partial charge on any atom is -0.464 e. The first-order chi connectivity index (χ1) is 11.1. The fourth-order valence-corrected chi connectivity index (χ4v) is 2.30. The van der Waals surface area contributed by atoms with Gasteiger partial charge in [-0.05, 0) is 30.0 Å². The molecule has 0 spiro atoms. The second-order valence-electron chi connectivity index (χ2n) is 6.71. The first-order valence-corrected chi connectivity index (χ1v) is 7.69. The topological polar surface area (TPSA) is 73.2 Å². The fraction of sp³-hybridized carbons (Fsp3) is 0.389. The molecule has 128 valence electrons. The van der Waals surface area contributed by atoms with Crippen LogP contribution in [0.1, 0.15) is 52.9 Å². The number of amides is 1. The second-order valence-corrected chi connectivity index (χ2v) is 6.71. The molecule has 0 aliphatic carbocycles. The lowest BCUT2D eigenvalue weighted by molar-refractivity contribution is 0.0594. The smallest absolute Gasteiger partial charge is 0.360 e. The Balaban J connectivity index is 2.29. The third kappa shape index (κ3) is 3.48. The molecule has 0 bridgehead atoms. The van der Waals surface area contributed by atoms with E-state index in [1.165, 1.54) is 11.8 Å². The van der Waals surface area contributed by atoms with Gasteiger partial charge in [-0.3, -0.25) is 9.48 Å². The number of methoxy groups -OCH3 is 1. The number of esters is 1. The molecule has 2 rings (SSSR count). The van der Waals surface area contributed by atoms with E-state index in [0.717, 1.165) is 5.56 Å². The van der Waals surface area contributed by atoms with Crippen LogP contribution in [0.4, 0.5) is 5.69 Å². The molecule has 24 heavy (non-hydrogen) atoms. The summed E-state index contributed by atoms with van der Waals surface area (Å²) in [6.07, 6.45) is 0. The summed E-state index contributed by atoms with van der Waals surface area (Å²) in [5.41, 5.74) is 2.82. The summed E-state index contributed by atoms with van der Waals surface area (Å²) in [5, 5.41) is 6.87. The maximum atomic E-state index is 12.5. The van der Waals surface area contributed by atoms with Crippen molar-refractivity contribution in [3.05, 3.63) is 46.8 Å². The molecule has 0 aliphatic heterocycles. The van der Waals surface area contributed by atoms with E-state index in [9.17, 15) is 9.59 Å². The van der Waals surface area contributed by atoms with Gasteiger partial charge in [0, 0.05) is 12.6 Å². The monoisotopic (exact) mass is 329 g/mol. The maximum absolute atomic E-state index is 12.5. The van der Waals surface area contributed by atoms with Crippen molar-refractivity contribution in [2.75, 3.05) is 12.4 Å². The predicted molar refractivity (Wildman–Crippen MR) is 92.4 cm³/mol. The Morgan fingerprint density at radius 2 is 1.75 bits per heavy atom. The number of nitrogens with zero attached hydrogens (tertiary/aromatic N) is 2. The number of nitrogens with one attached hydrogen (secondary N) is 1. The largest absolute Gasteiger partial charge is 0.464 e. The Bertz CT molecular complexity index is 768. The Morgan fingerprint density at radius 1 is 1.17 bits per heavy atom. The number of ether oxygens (including phenoxy) is 1. The lowest BCUT2D eigenvalue weighted by atomic mass is 9.87. The van der Waals surface area contributed by atoms with Crippen LogP contribution in [-0.2, 0) is 17.2 Å². The Hall–Kier alpha value is -2.63. The fourth-order valence-electron chi connectivity index (χ4n) is 2.30. The number of carbonyl (C=O) groups excluding carboxylic acids is 2. The summed E-state index contributed by atoms with van der Waals surface area (Å²) in [6, 6.07) is 7.43. The molecular weight excluding hydrogens is 306 g/mol. The SMILES string of the molecule is COC(=O)c1nn(C)c(C)c1NC(=O)c1ccc(C(C)(C)C)cc1. The normalized spacial score (nSPS) is 11.2. The van der Waals surface area contributed by atoms with Crippen molar-refractivity contribution >= 4 is 17.6 Å². The molecule has 0 saturated heterocycles. The lowest BCUT2D eigenvalue weighted by Gasteiger charge is -2.19. The number of carbonyl (C=O) groups is 2. The minimum atomic E-state index is -0.586. The molecule has 0 atom stereocenters. The van der Waals surface area contributed by atoms with E-state index >= 15 is 0 Å². The highest BCUT2D eigenvalue weighted by Gasteiger charge is 2.22. The van der Waals surface area contributed by atoms with Crippen LogP contribution in [0, 0.1) is 6.92 Å². The van der Waals surface area contributed by atoms with Gasteiger partial charge in [0.25, 0.3) is 5.91 Å². The molecule has 0 radical (unpaired) electrons. The second kappa shape index (κ2) is 6.47. The van der Waals surface area contributed by atoms with Crippen molar-refractivity contribution < 1.29 is 14.3 Å². The molecular formula is C18H23N3O3. The Kier molecular flexibility index (Phi) is 4.78. The Morgan fingerprint density at radius 3 is 2.25 bits per heavy atom. The third-order valence-electron chi connectivity index (χ3n) is 3.96. The van der Waals surface area contributed by atoms with Crippen LogP contribution in [0.25, 0.3) is 0 Å². The highest BCUT2D eigenvalue weighted by molar-refractivity contribution is 6.07. The van der Waals surface area contributed by atoms with E-state index in [4.69, 9.17) is 4.74 Å². The van der Waals surface area contributed by atoms with E-state index in [0.29, 0.717) is 16.9 Å². The van der Waals surface area contributed by atoms with E-state index < -0.39 is 5.97 Å². The molecule has 1 heterocycles. The van der Waals surface area contributed by atoms with Crippen molar-refractivity contribution in [1.82, 2.24) is 9.78 Å². The highest BCUT2D eigenvalue weighted by atomic mass is 16.5. The minimum absolute atomic E-state index is 0.0208. The molecule has 0 fully saturated rings. The van der Waals surface area contributed by atoms with Gasteiger partial charge in [0.05, 0.1) is 18.5 Å². The predicted octanol–water partition coefficient (Wildman–Crippen LogP) is 3.06. The quantitative estimate of drug-likeness (QED) is 0.878. The Labute approximate surface area is 141 Å². The maximum Gasteiger partial charge on any atom is 0.360 e. The van der Waals surface area contributed by atoms with Gasteiger partial charge in [0.1, 0.15) is 0 Å². The van der Waals surface area contributed by atoms with Crippen LogP contribution in [0.15, 0.2) is 24.3 Å². The number of hydrogen-bond donors (Lipinski definition) is 1. The molecule has 6 heteroatoms. The van der Waals surface area contributed by atoms with Crippen LogP contribution in [0.2, 0.25) is 0 Å². The van der Waals surface area contributed by atoms with E-state index in [1.54, 1.807) is 26.1 Å². The summed E-state index contributed by atoms with van der Waals surface area (Å²) in [4.78, 5) is 24.3. The van der Waals surface area contributed by atoms with Crippen LogP contribution >= 0.6 is 0 Å². The van der Waals surface area contributed by atoms with E-state index in [2.05, 4.69) is 31.2 Å². The van der Waals surface area contributed by atoms with E-state index in [-0.39, 0.29) is 17.0 Å². The van der Waals surface area contributed by atoms with Gasteiger partial charge in [0.15, 0.2) is 5.69 Å². The molecule has 1 N–H and O–H groups in total. The van der Waals surface area contributed by atoms with Crippen molar-refractivity contribution in [3.63, 3.8) is 0 Å². The molecule has 0 unspecified atom stereocenters. The van der Waals surface area contributed by atoms with Crippen molar-refractivity contribution in [1.29, 1.82) is 0 Å². The van der Waals surface area contributed by atoms with Crippen molar-refractivity contribution in [2.24, 2.45) is 7.05 Å². The number of hydrogen-bond acceptors (Lipinski definition) is 4. The molecule has 1 amide bonds. The molecule has 0 saturated carbocycles. The summed E-state index contributed by atoms with van der Waals surface area (Å²) >= 11 is 0. The number of aryl methyl sites for hydroxylation is 1. The van der Waals surface area contributed by atoms with Crippen LogP contribution in [-0.4, -0.2) is 28.8 Å². The molecule has 2 aromatic rings. The van der Waals surface area contributed by atoms with Crippen molar-refractivity contribution in [3.8, 4) is 0 Å². The van der Waals surface area contributed by atoms with Gasteiger partial charge in [0.2, 0.25) is 0 Å². The molecule has 0 aliphatic rings. The summed E-state index contributed by atoms with van der Waals surface area (Å²) in [6.45, 7) is 8.12. The van der Waals surface area contributed by atoms with Crippen LogP contribution in [0.3, 0.4) is 0 Å². The number of aromatic nitrogens is 2. The summed E-state index contributed by atoms with van der Waals surface area (Å²) in [7, 11) is 2.98. The standard InChI is InChI=1S/C18H23N3O3/c1-11-14(15(17(23)24-6)20-21(11)5)19-16(22)12-7-9-13(10-8-12)18(2,3)4/h7-10H,1-6H3,(H,19,22). The van der Waals surface area contributed by atoms with Gasteiger partial charge in [-0.25, -0.2) is 4.79 Å². The molecule has 1 aromatic heterocycles. The summed E-state index contributed by atoms with van der Waals surface area (Å²) < 4.78 is 6.25. The molecule has 6 nitrogen and oxygen atoms in total. The zero-order chi connectivity index (χ0) is 18.1. The van der Waals surface area contributed by atoms with Gasteiger partial charge >= 0.3 is 5.97 Å². The zero-order valence-electron chi connectivity index (χ0n) is 14.9. The first kappa shape index (κ1) is 17.7. The first-order valence-electron chi connectivity index (χ1n) is 7.69.